The van der Waals surface area contributed by atoms with Gasteiger partial charge in [-0.3, -0.25) is 4.79 Å². The third-order valence-electron chi connectivity index (χ3n) is 6.15. The summed E-state index contributed by atoms with van der Waals surface area (Å²) in [4.78, 5) is 14.8. The number of carbonyl (C=O) groups excluding carboxylic acids is 1. The fourth-order valence-corrected chi connectivity index (χ4v) is 4.12. The van der Waals surface area contributed by atoms with Crippen molar-refractivity contribution in [2.45, 2.75) is 27.2 Å². The maximum Gasteiger partial charge on any atom is 0.268 e. The lowest BCUT2D eigenvalue weighted by molar-refractivity contribution is -0.114. The number of ether oxygens (including phenoxy) is 3. The van der Waals surface area contributed by atoms with Crippen LogP contribution in [0.4, 0.5) is 5.69 Å². The first-order valence-electron chi connectivity index (χ1n) is 12.1. The summed E-state index contributed by atoms with van der Waals surface area (Å²) in [6, 6.07) is 21.2. The first-order valence-corrected chi connectivity index (χ1v) is 12.1. The Labute approximate surface area is 212 Å². The van der Waals surface area contributed by atoms with E-state index in [1.807, 2.05) is 55.5 Å². The number of carbonyl (C=O) groups is 1. The third kappa shape index (κ3) is 5.69. The zero-order valence-electron chi connectivity index (χ0n) is 20.9. The number of benzene rings is 3. The molecular weight excluding hydrogens is 452 g/mol. The number of hydrogen-bond acceptors (Lipinski definition) is 5. The van der Waals surface area contributed by atoms with Gasteiger partial charge in [0.25, 0.3) is 5.91 Å². The van der Waals surface area contributed by atoms with Crippen molar-refractivity contribution >= 4 is 17.7 Å². The Morgan fingerprint density at radius 1 is 0.972 bits per heavy atom. The van der Waals surface area contributed by atoms with E-state index in [1.165, 1.54) is 11.1 Å². The summed E-state index contributed by atoms with van der Waals surface area (Å²) in [6.45, 7) is 7.77. The monoisotopic (exact) mass is 482 g/mol. The Balaban J connectivity index is 1.44. The standard InChI is InChI=1S/C30H30N2O4/c1-4-34-29-19-23(10-12-28(29)36-16-15-35-26-11-9-21(2)22(3)17-26)18-25(20-31)30(33)32-14-13-24-7-5-6-8-27(24)32/h5-12,17-19H,4,13-16H2,1-3H3/b25-18+. The maximum atomic E-state index is 13.1. The van der Waals surface area contributed by atoms with E-state index in [4.69, 9.17) is 14.2 Å². The molecule has 3 aromatic rings. The lowest BCUT2D eigenvalue weighted by Crippen LogP contribution is -2.29. The van der Waals surface area contributed by atoms with Gasteiger partial charge < -0.3 is 19.1 Å². The highest BCUT2D eigenvalue weighted by Gasteiger charge is 2.26. The van der Waals surface area contributed by atoms with Gasteiger partial charge in [-0.05, 0) is 85.9 Å². The molecule has 0 aliphatic carbocycles. The van der Waals surface area contributed by atoms with Crippen LogP contribution in [-0.4, -0.2) is 32.3 Å². The SMILES string of the molecule is CCOc1cc(/C=C(\C#N)C(=O)N2CCc3ccccc32)ccc1OCCOc1ccc(C)c(C)c1. The first kappa shape index (κ1) is 24.9. The van der Waals surface area contributed by atoms with Crippen molar-refractivity contribution < 1.29 is 19.0 Å². The van der Waals surface area contributed by atoms with Crippen molar-refractivity contribution in [1.82, 2.24) is 0 Å². The van der Waals surface area contributed by atoms with E-state index < -0.39 is 0 Å². The number of nitrogens with zero attached hydrogens (tertiary/aromatic N) is 2. The minimum Gasteiger partial charge on any atom is -0.490 e. The predicted octanol–water partition coefficient (Wildman–Crippen LogP) is 5.66. The van der Waals surface area contributed by atoms with E-state index in [1.54, 1.807) is 23.1 Å². The van der Waals surface area contributed by atoms with Crippen LogP contribution in [0.5, 0.6) is 17.2 Å². The summed E-state index contributed by atoms with van der Waals surface area (Å²) in [5, 5.41) is 9.73. The molecule has 0 bridgehead atoms. The molecule has 0 spiro atoms. The Kier molecular flexibility index (Phi) is 7.92. The Bertz CT molecular complexity index is 1320. The molecule has 0 radical (unpaired) electrons. The van der Waals surface area contributed by atoms with E-state index >= 15 is 0 Å². The predicted molar refractivity (Wildman–Crippen MR) is 141 cm³/mol. The third-order valence-corrected chi connectivity index (χ3v) is 6.15. The van der Waals surface area contributed by atoms with E-state index in [0.717, 1.165) is 23.4 Å². The second kappa shape index (κ2) is 11.5. The minimum atomic E-state index is -0.302. The van der Waals surface area contributed by atoms with Gasteiger partial charge in [0.1, 0.15) is 30.6 Å². The number of rotatable bonds is 9. The summed E-state index contributed by atoms with van der Waals surface area (Å²) in [5.74, 6) is 1.63. The quantitative estimate of drug-likeness (QED) is 0.224. The zero-order valence-corrected chi connectivity index (χ0v) is 20.9. The van der Waals surface area contributed by atoms with Crippen molar-refractivity contribution in [2.75, 3.05) is 31.3 Å². The molecule has 0 N–H and O–H groups in total. The van der Waals surface area contributed by atoms with Crippen molar-refractivity contribution in [1.29, 1.82) is 5.26 Å². The molecule has 0 fully saturated rings. The molecule has 6 heteroatoms. The molecule has 0 saturated carbocycles. The molecule has 1 amide bonds. The normalized spacial score (nSPS) is 12.6. The molecule has 0 saturated heterocycles. The highest BCUT2D eigenvalue weighted by Crippen LogP contribution is 2.31. The lowest BCUT2D eigenvalue weighted by Gasteiger charge is -2.17. The summed E-state index contributed by atoms with van der Waals surface area (Å²) >= 11 is 0. The Morgan fingerprint density at radius 3 is 2.56 bits per heavy atom. The molecule has 1 aliphatic heterocycles. The van der Waals surface area contributed by atoms with Gasteiger partial charge in [0, 0.05) is 12.2 Å². The molecule has 1 aliphatic rings. The summed E-state index contributed by atoms with van der Waals surface area (Å²) in [7, 11) is 0. The van der Waals surface area contributed by atoms with E-state index in [2.05, 4.69) is 19.9 Å². The van der Waals surface area contributed by atoms with Gasteiger partial charge in [-0.2, -0.15) is 5.26 Å². The largest absolute Gasteiger partial charge is 0.490 e. The number of amides is 1. The van der Waals surface area contributed by atoms with Gasteiger partial charge in [0.05, 0.1) is 6.61 Å². The second-order valence-corrected chi connectivity index (χ2v) is 8.59. The number of nitriles is 1. The molecule has 1 heterocycles. The van der Waals surface area contributed by atoms with Crippen LogP contribution in [0.15, 0.2) is 66.2 Å². The molecule has 184 valence electrons. The van der Waals surface area contributed by atoms with E-state index in [-0.39, 0.29) is 11.5 Å². The molecular formula is C30H30N2O4. The molecule has 36 heavy (non-hydrogen) atoms. The molecule has 4 rings (SSSR count). The molecule has 0 aromatic heterocycles. The fourth-order valence-electron chi connectivity index (χ4n) is 4.12. The number of para-hydroxylation sites is 1. The highest BCUT2D eigenvalue weighted by atomic mass is 16.5. The van der Waals surface area contributed by atoms with Crippen LogP contribution in [-0.2, 0) is 11.2 Å². The summed E-state index contributed by atoms with van der Waals surface area (Å²) in [5.41, 5.74) is 5.15. The molecule has 3 aromatic carbocycles. The number of anilines is 1. The van der Waals surface area contributed by atoms with Gasteiger partial charge in [-0.1, -0.05) is 30.3 Å². The van der Waals surface area contributed by atoms with Crippen LogP contribution < -0.4 is 19.1 Å². The van der Waals surface area contributed by atoms with E-state index in [9.17, 15) is 10.1 Å². The maximum absolute atomic E-state index is 13.1. The van der Waals surface area contributed by atoms with E-state index in [0.29, 0.717) is 43.4 Å². The molecule has 0 unspecified atom stereocenters. The highest BCUT2D eigenvalue weighted by molar-refractivity contribution is 6.12. The number of aryl methyl sites for hydroxylation is 2. The van der Waals surface area contributed by atoms with Crippen molar-refractivity contribution in [3.05, 3.63) is 88.5 Å². The fraction of sp³-hybridized carbons (Fsp3) is 0.267. The van der Waals surface area contributed by atoms with Crippen LogP contribution in [0.2, 0.25) is 0 Å². The lowest BCUT2D eigenvalue weighted by atomic mass is 10.1. The zero-order chi connectivity index (χ0) is 25.5. The Hall–Kier alpha value is -4.24. The summed E-state index contributed by atoms with van der Waals surface area (Å²) in [6.07, 6.45) is 2.38. The van der Waals surface area contributed by atoms with Gasteiger partial charge >= 0.3 is 0 Å². The van der Waals surface area contributed by atoms with Crippen LogP contribution in [0.25, 0.3) is 6.08 Å². The smallest absolute Gasteiger partial charge is 0.268 e. The average Bonchev–Trinajstić information content (AvgIpc) is 3.32. The number of fused-ring (bicyclic) bond motifs is 1. The van der Waals surface area contributed by atoms with Gasteiger partial charge in [0.15, 0.2) is 11.5 Å². The Morgan fingerprint density at radius 2 is 1.78 bits per heavy atom. The number of hydrogen-bond donors (Lipinski definition) is 0. The minimum absolute atomic E-state index is 0.0737. The topological polar surface area (TPSA) is 71.8 Å². The van der Waals surface area contributed by atoms with Crippen LogP contribution >= 0.6 is 0 Å². The second-order valence-electron chi connectivity index (χ2n) is 8.59. The molecule has 6 nitrogen and oxygen atoms in total. The van der Waals surface area contributed by atoms with Gasteiger partial charge in [-0.25, -0.2) is 0 Å². The first-order chi connectivity index (χ1) is 17.5. The van der Waals surface area contributed by atoms with Crippen molar-refractivity contribution in [2.24, 2.45) is 0 Å². The van der Waals surface area contributed by atoms with Crippen molar-refractivity contribution in [3.8, 4) is 23.3 Å². The van der Waals surface area contributed by atoms with Crippen molar-refractivity contribution in [3.63, 3.8) is 0 Å². The average molecular weight is 483 g/mol. The summed E-state index contributed by atoms with van der Waals surface area (Å²) < 4.78 is 17.5. The van der Waals surface area contributed by atoms with Gasteiger partial charge in [-0.15, -0.1) is 0 Å². The molecule has 0 atom stereocenters. The van der Waals surface area contributed by atoms with Gasteiger partial charge in [0.2, 0.25) is 0 Å². The van der Waals surface area contributed by atoms with Crippen LogP contribution in [0.3, 0.4) is 0 Å². The van der Waals surface area contributed by atoms with Crippen LogP contribution in [0.1, 0.15) is 29.2 Å². The van der Waals surface area contributed by atoms with Crippen LogP contribution in [0, 0.1) is 25.2 Å².